The van der Waals surface area contributed by atoms with Crippen molar-refractivity contribution in [1.82, 2.24) is 10.2 Å². The van der Waals surface area contributed by atoms with Crippen molar-refractivity contribution in [1.29, 1.82) is 0 Å². The van der Waals surface area contributed by atoms with Crippen molar-refractivity contribution in [3.05, 3.63) is 0 Å². The summed E-state index contributed by atoms with van der Waals surface area (Å²) in [7, 11) is 2.20. The van der Waals surface area contributed by atoms with Crippen LogP contribution in [0.25, 0.3) is 0 Å². The molecule has 0 amide bonds. The van der Waals surface area contributed by atoms with E-state index in [9.17, 15) is 0 Å². The second kappa shape index (κ2) is 6.41. The van der Waals surface area contributed by atoms with Crippen LogP contribution in [0.2, 0.25) is 0 Å². The number of likely N-dealkylation sites (tertiary alicyclic amines) is 1. The molecule has 1 rings (SSSR count). The summed E-state index contributed by atoms with van der Waals surface area (Å²) in [6.45, 7) is 13.2. The maximum atomic E-state index is 3.65. The molecule has 0 radical (unpaired) electrons. The summed E-state index contributed by atoms with van der Waals surface area (Å²) in [5.41, 5.74) is 0.278. The maximum Gasteiger partial charge on any atom is 0.00991 e. The first kappa shape index (κ1) is 13.9. The Labute approximate surface area is 90.1 Å². The Balaban J connectivity index is 0.000000791. The minimum atomic E-state index is 0.278. The normalized spacial score (nSPS) is 20.1. The lowest BCUT2D eigenvalue weighted by Gasteiger charge is -2.34. The van der Waals surface area contributed by atoms with Crippen LogP contribution in [-0.4, -0.2) is 36.6 Å². The van der Waals surface area contributed by atoms with Crippen LogP contribution in [0.3, 0.4) is 0 Å². The molecule has 1 fully saturated rings. The maximum absolute atomic E-state index is 3.65. The number of rotatable bonds is 1. The zero-order valence-electron chi connectivity index (χ0n) is 10.9. The summed E-state index contributed by atoms with van der Waals surface area (Å²) < 4.78 is 0. The monoisotopic (exact) mass is 200 g/mol. The van der Waals surface area contributed by atoms with Gasteiger partial charge in [0.2, 0.25) is 0 Å². The van der Waals surface area contributed by atoms with Gasteiger partial charge >= 0.3 is 0 Å². The SMILES string of the molecule is CC.CN1CCC(NC(C)(C)C)CC1. The molecule has 1 aliphatic heterocycles. The summed E-state index contributed by atoms with van der Waals surface area (Å²) in [5.74, 6) is 0. The van der Waals surface area contributed by atoms with Gasteiger partial charge < -0.3 is 10.2 Å². The van der Waals surface area contributed by atoms with Gasteiger partial charge in [-0.15, -0.1) is 0 Å². The molecule has 0 bridgehead atoms. The van der Waals surface area contributed by atoms with E-state index in [1.165, 1.54) is 25.9 Å². The van der Waals surface area contributed by atoms with E-state index < -0.39 is 0 Å². The summed E-state index contributed by atoms with van der Waals surface area (Å²) in [6.07, 6.45) is 2.60. The number of nitrogens with zero attached hydrogens (tertiary/aromatic N) is 1. The summed E-state index contributed by atoms with van der Waals surface area (Å²) in [6, 6.07) is 0.737. The number of nitrogens with one attached hydrogen (secondary N) is 1. The lowest BCUT2D eigenvalue weighted by molar-refractivity contribution is 0.210. The first-order chi connectivity index (χ1) is 6.47. The van der Waals surface area contributed by atoms with Gasteiger partial charge in [0.1, 0.15) is 0 Å². The topological polar surface area (TPSA) is 15.3 Å². The van der Waals surface area contributed by atoms with Crippen molar-refractivity contribution in [3.8, 4) is 0 Å². The summed E-state index contributed by atoms with van der Waals surface area (Å²) in [4.78, 5) is 2.40. The van der Waals surface area contributed by atoms with Crippen molar-refractivity contribution in [2.45, 2.75) is 59.0 Å². The van der Waals surface area contributed by atoms with Gasteiger partial charge in [-0.2, -0.15) is 0 Å². The van der Waals surface area contributed by atoms with E-state index in [1.807, 2.05) is 13.8 Å². The molecule has 0 spiro atoms. The van der Waals surface area contributed by atoms with Gasteiger partial charge in [-0.25, -0.2) is 0 Å². The van der Waals surface area contributed by atoms with Crippen molar-refractivity contribution < 1.29 is 0 Å². The molecule has 2 nitrogen and oxygen atoms in total. The van der Waals surface area contributed by atoms with Crippen LogP contribution in [0, 0.1) is 0 Å². The van der Waals surface area contributed by atoms with Crippen molar-refractivity contribution in [2.75, 3.05) is 20.1 Å². The first-order valence-corrected chi connectivity index (χ1v) is 5.93. The van der Waals surface area contributed by atoms with Gasteiger partial charge in [0.15, 0.2) is 0 Å². The van der Waals surface area contributed by atoms with Crippen LogP contribution in [0.15, 0.2) is 0 Å². The molecule has 1 aliphatic rings. The predicted octanol–water partition coefficient (Wildman–Crippen LogP) is 2.49. The predicted molar refractivity (Wildman–Crippen MR) is 64.8 cm³/mol. The Hall–Kier alpha value is -0.0800. The molecule has 0 aromatic carbocycles. The molecule has 1 N–H and O–H groups in total. The van der Waals surface area contributed by atoms with Gasteiger partial charge in [-0.05, 0) is 53.8 Å². The molecule has 14 heavy (non-hydrogen) atoms. The van der Waals surface area contributed by atoms with Crippen LogP contribution in [0.1, 0.15) is 47.5 Å². The number of piperidine rings is 1. The molecule has 0 aliphatic carbocycles. The molecular formula is C12H28N2. The van der Waals surface area contributed by atoms with Gasteiger partial charge in [0.25, 0.3) is 0 Å². The summed E-state index contributed by atoms with van der Waals surface area (Å²) in [5, 5.41) is 3.65. The third kappa shape index (κ3) is 6.39. The van der Waals surface area contributed by atoms with E-state index in [0.717, 1.165) is 6.04 Å². The number of hydrogen-bond acceptors (Lipinski definition) is 2. The minimum absolute atomic E-state index is 0.278. The highest BCUT2D eigenvalue weighted by Gasteiger charge is 2.20. The van der Waals surface area contributed by atoms with Crippen LogP contribution in [0.5, 0.6) is 0 Å². The Morgan fingerprint density at radius 3 is 1.86 bits per heavy atom. The zero-order chi connectivity index (χ0) is 11.2. The fraction of sp³-hybridized carbons (Fsp3) is 1.00. The van der Waals surface area contributed by atoms with E-state index in [-0.39, 0.29) is 5.54 Å². The molecule has 86 valence electrons. The van der Waals surface area contributed by atoms with Crippen molar-refractivity contribution in [3.63, 3.8) is 0 Å². The average Bonchev–Trinajstić information content (AvgIpc) is 2.10. The van der Waals surface area contributed by atoms with Crippen LogP contribution in [0.4, 0.5) is 0 Å². The Morgan fingerprint density at radius 1 is 1.07 bits per heavy atom. The van der Waals surface area contributed by atoms with Gasteiger partial charge in [0.05, 0.1) is 0 Å². The van der Waals surface area contributed by atoms with Gasteiger partial charge in [-0.3, -0.25) is 0 Å². The minimum Gasteiger partial charge on any atom is -0.309 e. The molecule has 0 aromatic heterocycles. The van der Waals surface area contributed by atoms with Crippen LogP contribution >= 0.6 is 0 Å². The Morgan fingerprint density at radius 2 is 1.50 bits per heavy atom. The molecule has 1 heterocycles. The van der Waals surface area contributed by atoms with Crippen molar-refractivity contribution in [2.24, 2.45) is 0 Å². The molecule has 0 unspecified atom stereocenters. The fourth-order valence-electron chi connectivity index (χ4n) is 1.77. The second-order valence-electron chi connectivity index (χ2n) is 4.97. The van der Waals surface area contributed by atoms with Gasteiger partial charge in [0, 0.05) is 11.6 Å². The Kier molecular flexibility index (Phi) is 6.38. The molecule has 0 atom stereocenters. The Bertz CT molecular complexity index is 130. The highest BCUT2D eigenvalue weighted by molar-refractivity contribution is 4.81. The lowest BCUT2D eigenvalue weighted by atomic mass is 10.0. The smallest absolute Gasteiger partial charge is 0.00991 e. The third-order valence-electron chi connectivity index (χ3n) is 2.36. The third-order valence-corrected chi connectivity index (χ3v) is 2.36. The molecule has 0 aromatic rings. The van der Waals surface area contributed by atoms with Crippen LogP contribution in [-0.2, 0) is 0 Å². The fourth-order valence-corrected chi connectivity index (χ4v) is 1.77. The van der Waals surface area contributed by atoms with E-state index in [4.69, 9.17) is 0 Å². The van der Waals surface area contributed by atoms with E-state index in [1.54, 1.807) is 0 Å². The first-order valence-electron chi connectivity index (χ1n) is 5.93. The van der Waals surface area contributed by atoms with Gasteiger partial charge in [-0.1, -0.05) is 13.8 Å². The highest BCUT2D eigenvalue weighted by atomic mass is 15.1. The highest BCUT2D eigenvalue weighted by Crippen LogP contribution is 2.12. The van der Waals surface area contributed by atoms with E-state index in [0.29, 0.717) is 0 Å². The standard InChI is InChI=1S/C10H22N2.C2H6/c1-10(2,3)11-9-5-7-12(4)8-6-9;1-2/h9,11H,5-8H2,1-4H3;1-2H3. The largest absolute Gasteiger partial charge is 0.309 e. The quantitative estimate of drug-likeness (QED) is 0.699. The molecule has 0 saturated carbocycles. The summed E-state index contributed by atoms with van der Waals surface area (Å²) >= 11 is 0. The second-order valence-corrected chi connectivity index (χ2v) is 4.97. The number of hydrogen-bond donors (Lipinski definition) is 1. The lowest BCUT2D eigenvalue weighted by Crippen LogP contribution is -2.48. The van der Waals surface area contributed by atoms with Crippen LogP contribution < -0.4 is 5.32 Å². The van der Waals surface area contributed by atoms with Crippen molar-refractivity contribution >= 4 is 0 Å². The molecular weight excluding hydrogens is 172 g/mol. The molecule has 2 heteroatoms. The van der Waals surface area contributed by atoms with E-state index >= 15 is 0 Å². The average molecular weight is 200 g/mol. The molecule has 1 saturated heterocycles. The van der Waals surface area contributed by atoms with E-state index in [2.05, 4.69) is 38.0 Å². The zero-order valence-corrected chi connectivity index (χ0v) is 10.9.